The van der Waals surface area contributed by atoms with Gasteiger partial charge in [0.1, 0.15) is 0 Å². The number of hydrogen-bond acceptors (Lipinski definition) is 4. The summed E-state index contributed by atoms with van der Waals surface area (Å²) >= 11 is 0. The number of hydrogen-bond donors (Lipinski definition) is 0. The highest BCUT2D eigenvalue weighted by Gasteiger charge is 2.14. The lowest BCUT2D eigenvalue weighted by Gasteiger charge is -2.12. The van der Waals surface area contributed by atoms with Crippen LogP contribution in [0.3, 0.4) is 0 Å². The van der Waals surface area contributed by atoms with E-state index in [1.807, 2.05) is 60.7 Å². The lowest BCUT2D eigenvalue weighted by Crippen LogP contribution is -1.97. The van der Waals surface area contributed by atoms with E-state index in [-0.39, 0.29) is 0 Å². The Balaban J connectivity index is 1.03. The molecule has 242 valence electrons. The molecule has 0 aliphatic rings. The van der Waals surface area contributed by atoms with Gasteiger partial charge >= 0.3 is 0 Å². The Bertz CT molecular complexity index is 2900. The molecule has 7 aromatic carbocycles. The van der Waals surface area contributed by atoms with Crippen molar-refractivity contribution in [2.24, 2.45) is 0 Å². The molecule has 0 bridgehead atoms. The quantitative estimate of drug-likeness (QED) is 0.172. The van der Waals surface area contributed by atoms with Crippen molar-refractivity contribution in [1.29, 1.82) is 0 Å². The summed E-state index contributed by atoms with van der Waals surface area (Å²) in [6.07, 6.45) is 0. The van der Waals surface area contributed by atoms with Crippen LogP contribution in [-0.4, -0.2) is 19.9 Å². The van der Waals surface area contributed by atoms with Crippen LogP contribution in [0, 0.1) is 0 Å². The maximum Gasteiger partial charge on any atom is 0.160 e. The monoisotopic (exact) mass is 662 g/mol. The van der Waals surface area contributed by atoms with Gasteiger partial charge < -0.3 is 0 Å². The van der Waals surface area contributed by atoms with E-state index in [2.05, 4.69) is 121 Å². The van der Waals surface area contributed by atoms with Crippen molar-refractivity contribution in [1.82, 2.24) is 19.9 Å². The zero-order valence-electron chi connectivity index (χ0n) is 28.1. The highest BCUT2D eigenvalue weighted by molar-refractivity contribution is 6.13. The van der Waals surface area contributed by atoms with Crippen molar-refractivity contribution in [3.8, 4) is 56.4 Å². The van der Waals surface area contributed by atoms with Crippen LogP contribution in [0.2, 0.25) is 0 Å². The van der Waals surface area contributed by atoms with Gasteiger partial charge in [-0.15, -0.1) is 0 Å². The molecule has 0 saturated carbocycles. The Morgan fingerprint density at radius 2 is 0.885 bits per heavy atom. The van der Waals surface area contributed by atoms with Gasteiger partial charge in [-0.2, -0.15) is 0 Å². The fourth-order valence-electron chi connectivity index (χ4n) is 7.21. The van der Waals surface area contributed by atoms with E-state index in [1.54, 1.807) is 0 Å². The van der Waals surface area contributed by atoms with Crippen molar-refractivity contribution in [3.63, 3.8) is 0 Å². The number of benzene rings is 7. The zero-order valence-corrected chi connectivity index (χ0v) is 28.1. The molecule has 0 atom stereocenters. The molecule has 52 heavy (non-hydrogen) atoms. The lowest BCUT2D eigenvalue weighted by atomic mass is 9.95. The van der Waals surface area contributed by atoms with E-state index in [0.717, 1.165) is 72.4 Å². The third-order valence-electron chi connectivity index (χ3n) is 9.85. The summed E-state index contributed by atoms with van der Waals surface area (Å²) in [7, 11) is 0. The Labute approximate surface area is 300 Å². The van der Waals surface area contributed by atoms with Crippen LogP contribution < -0.4 is 0 Å². The number of pyridine rings is 2. The maximum atomic E-state index is 5.17. The highest BCUT2D eigenvalue weighted by Crippen LogP contribution is 2.36. The molecule has 3 heterocycles. The SMILES string of the molecule is c1ccc(-c2cc(-c3ccc4ccc(-c5ccc6nc(-c7cc8ccccc8c8ccccc78)ccc6c5)cc4n3)nc(-c3ccccc3)n2)cc1. The molecule has 4 heteroatoms. The number of fused-ring (bicyclic) bond motifs is 5. The molecule has 10 rings (SSSR count). The Morgan fingerprint density at radius 1 is 0.269 bits per heavy atom. The minimum Gasteiger partial charge on any atom is -0.248 e. The molecule has 0 radical (unpaired) electrons. The first-order valence-corrected chi connectivity index (χ1v) is 17.5. The van der Waals surface area contributed by atoms with Gasteiger partial charge in [-0.25, -0.2) is 19.9 Å². The zero-order chi connectivity index (χ0) is 34.4. The van der Waals surface area contributed by atoms with Crippen LogP contribution in [0.25, 0.3) is 99.8 Å². The van der Waals surface area contributed by atoms with E-state index in [1.165, 1.54) is 21.5 Å². The molecule has 0 fully saturated rings. The van der Waals surface area contributed by atoms with Gasteiger partial charge in [-0.1, -0.05) is 140 Å². The Hall–Kier alpha value is -7.04. The van der Waals surface area contributed by atoms with Gasteiger partial charge in [0.15, 0.2) is 5.82 Å². The van der Waals surface area contributed by atoms with Crippen LogP contribution in [0.1, 0.15) is 0 Å². The minimum absolute atomic E-state index is 0.675. The van der Waals surface area contributed by atoms with Crippen LogP contribution in [0.4, 0.5) is 0 Å². The van der Waals surface area contributed by atoms with Gasteiger partial charge in [0.2, 0.25) is 0 Å². The molecule has 4 nitrogen and oxygen atoms in total. The van der Waals surface area contributed by atoms with E-state index in [4.69, 9.17) is 19.9 Å². The predicted molar refractivity (Wildman–Crippen MR) is 215 cm³/mol. The Morgan fingerprint density at radius 3 is 1.73 bits per heavy atom. The van der Waals surface area contributed by atoms with Gasteiger partial charge in [0.05, 0.1) is 33.8 Å². The molecule has 0 spiro atoms. The summed E-state index contributed by atoms with van der Waals surface area (Å²) < 4.78 is 0. The van der Waals surface area contributed by atoms with Crippen LogP contribution in [-0.2, 0) is 0 Å². The first kappa shape index (κ1) is 29.8. The summed E-state index contributed by atoms with van der Waals surface area (Å²) in [5.41, 5.74) is 10.7. The average Bonchev–Trinajstić information content (AvgIpc) is 3.23. The molecule has 10 aromatic rings. The second-order valence-electron chi connectivity index (χ2n) is 13.1. The van der Waals surface area contributed by atoms with E-state index < -0.39 is 0 Å². The second kappa shape index (κ2) is 12.4. The summed E-state index contributed by atoms with van der Waals surface area (Å²) in [6, 6.07) is 63.3. The molecular weight excluding hydrogens is 633 g/mol. The summed E-state index contributed by atoms with van der Waals surface area (Å²) in [5.74, 6) is 0.675. The molecule has 3 aromatic heterocycles. The maximum absolute atomic E-state index is 5.17. The van der Waals surface area contributed by atoms with Gasteiger partial charge in [0.25, 0.3) is 0 Å². The van der Waals surface area contributed by atoms with E-state index in [9.17, 15) is 0 Å². The van der Waals surface area contributed by atoms with Crippen molar-refractivity contribution in [2.45, 2.75) is 0 Å². The number of nitrogens with zero attached hydrogens (tertiary/aromatic N) is 4. The number of rotatable bonds is 5. The van der Waals surface area contributed by atoms with Crippen molar-refractivity contribution < 1.29 is 0 Å². The fraction of sp³-hybridized carbons (Fsp3) is 0. The first-order valence-electron chi connectivity index (χ1n) is 17.5. The second-order valence-corrected chi connectivity index (χ2v) is 13.1. The standard InChI is InChI=1S/C48H30N4/c1-3-11-31(12-4-1)46-30-47(52-48(51-46)33-13-5-2-6-14-33)44-26-21-32-19-20-35(29-45(32)50-44)34-22-24-42-37(27-34)23-25-43(49-42)41-28-36-15-7-8-16-38(36)39-17-9-10-18-40(39)41/h1-30H. The molecule has 0 unspecified atom stereocenters. The first-order chi connectivity index (χ1) is 25.7. The minimum atomic E-state index is 0.675. The van der Waals surface area contributed by atoms with Crippen LogP contribution >= 0.6 is 0 Å². The predicted octanol–water partition coefficient (Wildman–Crippen LogP) is 12.2. The van der Waals surface area contributed by atoms with Gasteiger partial charge in [0, 0.05) is 27.5 Å². The van der Waals surface area contributed by atoms with Gasteiger partial charge in [-0.05, 0) is 75.1 Å². The smallest absolute Gasteiger partial charge is 0.160 e. The van der Waals surface area contributed by atoms with E-state index >= 15 is 0 Å². The fourth-order valence-corrected chi connectivity index (χ4v) is 7.21. The molecule has 0 aliphatic heterocycles. The van der Waals surface area contributed by atoms with Crippen molar-refractivity contribution >= 4 is 43.4 Å². The lowest BCUT2D eigenvalue weighted by molar-refractivity contribution is 1.17. The number of aromatic nitrogens is 4. The highest BCUT2D eigenvalue weighted by atomic mass is 14.9. The average molecular weight is 663 g/mol. The van der Waals surface area contributed by atoms with Crippen molar-refractivity contribution in [3.05, 3.63) is 182 Å². The summed E-state index contributed by atoms with van der Waals surface area (Å²) in [5, 5.41) is 7.10. The van der Waals surface area contributed by atoms with Gasteiger partial charge in [-0.3, -0.25) is 0 Å². The molecule has 0 saturated heterocycles. The largest absolute Gasteiger partial charge is 0.248 e. The summed E-state index contributed by atoms with van der Waals surface area (Å²) in [4.78, 5) is 20.3. The third kappa shape index (κ3) is 5.34. The normalized spacial score (nSPS) is 11.5. The molecule has 0 N–H and O–H groups in total. The molecule has 0 aliphatic carbocycles. The summed E-state index contributed by atoms with van der Waals surface area (Å²) in [6.45, 7) is 0. The molecular formula is C48H30N4. The van der Waals surface area contributed by atoms with Crippen LogP contribution in [0.15, 0.2) is 182 Å². The Kier molecular flexibility index (Phi) is 7.10. The van der Waals surface area contributed by atoms with E-state index in [0.29, 0.717) is 5.82 Å². The van der Waals surface area contributed by atoms with Crippen LogP contribution in [0.5, 0.6) is 0 Å². The topological polar surface area (TPSA) is 51.6 Å². The van der Waals surface area contributed by atoms with Crippen molar-refractivity contribution in [2.75, 3.05) is 0 Å². The third-order valence-corrected chi connectivity index (χ3v) is 9.85. The molecule has 0 amide bonds.